The van der Waals surface area contributed by atoms with Crippen molar-refractivity contribution in [3.8, 4) is 0 Å². The molecule has 0 aliphatic heterocycles. The second-order valence-electron chi connectivity index (χ2n) is 6.17. The molecule has 1 aromatic heterocycles. The molecule has 1 aromatic carbocycles. The van der Waals surface area contributed by atoms with E-state index < -0.39 is 5.97 Å². The third-order valence-corrected chi connectivity index (χ3v) is 5.70. The van der Waals surface area contributed by atoms with Crippen LogP contribution in [0.1, 0.15) is 55.8 Å². The molecule has 1 fully saturated rings. The fourth-order valence-corrected chi connectivity index (χ4v) is 4.22. The number of thiophene rings is 1. The molecule has 4 nitrogen and oxygen atoms in total. The van der Waals surface area contributed by atoms with Gasteiger partial charge in [0, 0.05) is 6.04 Å². The molecule has 2 aliphatic rings. The number of carbonyl (C=O) groups is 2. The molecule has 0 spiro atoms. The van der Waals surface area contributed by atoms with E-state index in [1.165, 1.54) is 17.2 Å². The Labute approximate surface area is 138 Å². The number of nitrogens with zero attached hydrogens (tertiary/aromatic N) is 1. The van der Waals surface area contributed by atoms with Crippen molar-refractivity contribution in [2.24, 2.45) is 0 Å². The topological polar surface area (TPSA) is 57.6 Å². The van der Waals surface area contributed by atoms with Crippen molar-refractivity contribution in [2.45, 2.75) is 37.8 Å². The minimum absolute atomic E-state index is 0.0216. The number of hydrogen-bond acceptors (Lipinski definition) is 3. The van der Waals surface area contributed by atoms with Gasteiger partial charge >= 0.3 is 5.97 Å². The Morgan fingerprint density at radius 3 is 2.48 bits per heavy atom. The molecule has 2 aromatic rings. The zero-order valence-electron chi connectivity index (χ0n) is 12.6. The lowest BCUT2D eigenvalue weighted by molar-refractivity contribution is 0.0662. The van der Waals surface area contributed by atoms with E-state index in [2.05, 4.69) is 12.1 Å². The first-order valence-corrected chi connectivity index (χ1v) is 8.70. The van der Waals surface area contributed by atoms with E-state index in [4.69, 9.17) is 5.11 Å². The zero-order valence-corrected chi connectivity index (χ0v) is 13.4. The number of benzene rings is 1. The fourth-order valence-electron chi connectivity index (χ4n) is 3.43. The molecule has 2 aliphatic carbocycles. The van der Waals surface area contributed by atoms with Gasteiger partial charge in [0.05, 0.1) is 10.9 Å². The molecule has 0 bridgehead atoms. The van der Waals surface area contributed by atoms with E-state index in [1.807, 2.05) is 17.0 Å². The summed E-state index contributed by atoms with van der Waals surface area (Å²) in [5.41, 5.74) is 2.58. The number of hydrogen-bond donors (Lipinski definition) is 1. The molecule has 1 amide bonds. The molecule has 1 atom stereocenters. The number of aryl methyl sites for hydroxylation is 1. The first-order valence-electron chi connectivity index (χ1n) is 7.89. The molecule has 118 valence electrons. The average molecular weight is 327 g/mol. The summed E-state index contributed by atoms with van der Waals surface area (Å²) >= 11 is 1.07. The van der Waals surface area contributed by atoms with Crippen LogP contribution in [-0.4, -0.2) is 27.9 Å². The van der Waals surface area contributed by atoms with Gasteiger partial charge in [-0.15, -0.1) is 11.3 Å². The molecule has 0 saturated heterocycles. The SMILES string of the molecule is O=C(O)c1ccc(C(=O)N(C2CC2)C2CCc3ccccc32)s1. The van der Waals surface area contributed by atoms with Gasteiger partial charge in [0.2, 0.25) is 0 Å². The average Bonchev–Trinajstić information content (AvgIpc) is 3.10. The summed E-state index contributed by atoms with van der Waals surface area (Å²) in [5.74, 6) is -0.995. The molecule has 1 heterocycles. The Bertz CT molecular complexity index is 778. The maximum absolute atomic E-state index is 13.0. The second kappa shape index (κ2) is 5.49. The van der Waals surface area contributed by atoms with Crippen LogP contribution in [0, 0.1) is 0 Å². The van der Waals surface area contributed by atoms with Gasteiger partial charge in [-0.1, -0.05) is 24.3 Å². The van der Waals surface area contributed by atoms with Gasteiger partial charge in [-0.05, 0) is 48.9 Å². The number of carboxylic acid groups (broad SMARTS) is 1. The summed E-state index contributed by atoms with van der Waals surface area (Å²) in [6, 6.07) is 11.9. The van der Waals surface area contributed by atoms with Gasteiger partial charge < -0.3 is 10.0 Å². The Kier molecular flexibility index (Phi) is 3.45. The smallest absolute Gasteiger partial charge is 0.345 e. The van der Waals surface area contributed by atoms with Crippen molar-refractivity contribution >= 4 is 23.2 Å². The number of fused-ring (bicyclic) bond motifs is 1. The highest BCUT2D eigenvalue weighted by molar-refractivity contribution is 7.15. The number of carbonyl (C=O) groups excluding carboxylic acids is 1. The van der Waals surface area contributed by atoms with Gasteiger partial charge in [0.1, 0.15) is 4.88 Å². The Balaban J connectivity index is 1.66. The van der Waals surface area contributed by atoms with Crippen LogP contribution in [0.15, 0.2) is 36.4 Å². The Morgan fingerprint density at radius 2 is 1.78 bits per heavy atom. The molecule has 23 heavy (non-hydrogen) atoms. The van der Waals surface area contributed by atoms with Crippen LogP contribution in [0.5, 0.6) is 0 Å². The molecular weight excluding hydrogens is 310 g/mol. The molecule has 1 unspecified atom stereocenters. The Hall–Kier alpha value is -2.14. The summed E-state index contributed by atoms with van der Waals surface area (Å²) in [4.78, 5) is 26.8. The number of rotatable bonds is 4. The monoisotopic (exact) mass is 327 g/mol. The molecule has 0 radical (unpaired) electrons. The zero-order chi connectivity index (χ0) is 16.0. The summed E-state index contributed by atoms with van der Waals surface area (Å²) < 4.78 is 0. The first kappa shape index (κ1) is 14.5. The van der Waals surface area contributed by atoms with Crippen LogP contribution in [0.25, 0.3) is 0 Å². The van der Waals surface area contributed by atoms with Gasteiger partial charge in [0.25, 0.3) is 5.91 Å². The summed E-state index contributed by atoms with van der Waals surface area (Å²) in [5, 5.41) is 9.07. The highest BCUT2D eigenvalue weighted by Crippen LogP contribution is 2.43. The van der Waals surface area contributed by atoms with E-state index in [0.29, 0.717) is 10.9 Å². The fraction of sp³-hybridized carbons (Fsp3) is 0.333. The predicted octanol–water partition coefficient (Wildman–Crippen LogP) is 3.74. The summed E-state index contributed by atoms with van der Waals surface area (Å²) in [7, 11) is 0. The standard InChI is InChI=1S/C18H17NO3S/c20-17(15-9-10-16(23-15)18(21)22)19(12-6-7-12)14-8-5-11-3-1-2-4-13(11)14/h1-4,9-10,12,14H,5-8H2,(H,21,22). The van der Waals surface area contributed by atoms with Crippen LogP contribution in [0.2, 0.25) is 0 Å². The first-order chi connectivity index (χ1) is 11.1. The van der Waals surface area contributed by atoms with Crippen molar-refractivity contribution in [1.82, 2.24) is 4.90 Å². The van der Waals surface area contributed by atoms with Crippen molar-refractivity contribution in [3.05, 3.63) is 57.3 Å². The van der Waals surface area contributed by atoms with E-state index >= 15 is 0 Å². The molecule has 5 heteroatoms. The number of aromatic carboxylic acids is 1. The third-order valence-electron chi connectivity index (χ3n) is 4.64. The molecule has 1 N–H and O–H groups in total. The summed E-state index contributed by atoms with van der Waals surface area (Å²) in [6.45, 7) is 0. The van der Waals surface area contributed by atoms with E-state index in [9.17, 15) is 9.59 Å². The van der Waals surface area contributed by atoms with Crippen molar-refractivity contribution in [2.75, 3.05) is 0 Å². The van der Waals surface area contributed by atoms with Crippen LogP contribution >= 0.6 is 11.3 Å². The largest absolute Gasteiger partial charge is 0.477 e. The van der Waals surface area contributed by atoms with Crippen LogP contribution in [-0.2, 0) is 6.42 Å². The normalized spacial score (nSPS) is 19.4. The molecule has 4 rings (SSSR count). The highest BCUT2D eigenvalue weighted by Gasteiger charge is 2.41. The van der Waals surface area contributed by atoms with Crippen LogP contribution in [0.3, 0.4) is 0 Å². The van der Waals surface area contributed by atoms with Crippen molar-refractivity contribution < 1.29 is 14.7 Å². The van der Waals surface area contributed by atoms with Gasteiger partial charge in [-0.2, -0.15) is 0 Å². The van der Waals surface area contributed by atoms with Gasteiger partial charge in [-0.3, -0.25) is 4.79 Å². The third kappa shape index (κ3) is 2.55. The van der Waals surface area contributed by atoms with Gasteiger partial charge in [-0.25, -0.2) is 4.79 Å². The quantitative estimate of drug-likeness (QED) is 0.930. The lowest BCUT2D eigenvalue weighted by Gasteiger charge is -2.29. The minimum atomic E-state index is -0.974. The number of carboxylic acids is 1. The lowest BCUT2D eigenvalue weighted by Crippen LogP contribution is -2.35. The van der Waals surface area contributed by atoms with Crippen LogP contribution in [0.4, 0.5) is 0 Å². The summed E-state index contributed by atoms with van der Waals surface area (Å²) in [6.07, 6.45) is 4.05. The van der Waals surface area contributed by atoms with Crippen molar-refractivity contribution in [1.29, 1.82) is 0 Å². The number of amides is 1. The highest BCUT2D eigenvalue weighted by atomic mass is 32.1. The maximum atomic E-state index is 13.0. The van der Waals surface area contributed by atoms with Crippen molar-refractivity contribution in [3.63, 3.8) is 0 Å². The van der Waals surface area contributed by atoms with Gasteiger partial charge in [0.15, 0.2) is 0 Å². The molecule has 1 saturated carbocycles. The second-order valence-corrected chi connectivity index (χ2v) is 7.25. The Morgan fingerprint density at radius 1 is 1.04 bits per heavy atom. The maximum Gasteiger partial charge on any atom is 0.345 e. The molecular formula is C18H17NO3S. The van der Waals surface area contributed by atoms with Crippen LogP contribution < -0.4 is 0 Å². The van der Waals surface area contributed by atoms with E-state index in [0.717, 1.165) is 37.0 Å². The lowest BCUT2D eigenvalue weighted by atomic mass is 10.1. The predicted molar refractivity (Wildman–Crippen MR) is 88.0 cm³/mol. The minimum Gasteiger partial charge on any atom is -0.477 e. The van der Waals surface area contributed by atoms with E-state index in [-0.39, 0.29) is 16.8 Å². The van der Waals surface area contributed by atoms with E-state index in [1.54, 1.807) is 6.07 Å².